The summed E-state index contributed by atoms with van der Waals surface area (Å²) < 4.78 is 5.16. The summed E-state index contributed by atoms with van der Waals surface area (Å²) in [7, 11) is 1.76. The SMILES string of the molecule is CCNC(=NCc1nc(C)c(C)s1)NC1CCN(CCOC)CC1. The van der Waals surface area contributed by atoms with Gasteiger partial charge in [0.15, 0.2) is 5.96 Å². The minimum absolute atomic E-state index is 0.487. The zero-order valence-corrected chi connectivity index (χ0v) is 16.2. The molecule has 2 rings (SSSR count). The number of ether oxygens (including phenoxy) is 1. The van der Waals surface area contributed by atoms with Crippen molar-refractivity contribution >= 4 is 17.3 Å². The normalized spacial score (nSPS) is 17.2. The van der Waals surface area contributed by atoms with Gasteiger partial charge < -0.3 is 20.3 Å². The predicted molar refractivity (Wildman–Crippen MR) is 101 cm³/mol. The Hall–Kier alpha value is -1.18. The number of aryl methyl sites for hydroxylation is 2. The average Bonchev–Trinajstić information content (AvgIpc) is 2.90. The highest BCUT2D eigenvalue weighted by Gasteiger charge is 2.19. The maximum atomic E-state index is 5.16. The van der Waals surface area contributed by atoms with Crippen molar-refractivity contribution in [3.8, 4) is 0 Å². The summed E-state index contributed by atoms with van der Waals surface area (Å²) in [5.41, 5.74) is 1.12. The molecule has 0 saturated carbocycles. The van der Waals surface area contributed by atoms with Crippen molar-refractivity contribution in [3.05, 3.63) is 15.6 Å². The van der Waals surface area contributed by atoms with Crippen molar-refractivity contribution in [2.75, 3.05) is 39.9 Å². The largest absolute Gasteiger partial charge is 0.383 e. The summed E-state index contributed by atoms with van der Waals surface area (Å²) in [5, 5.41) is 8.01. The summed E-state index contributed by atoms with van der Waals surface area (Å²) in [5.74, 6) is 0.901. The van der Waals surface area contributed by atoms with Gasteiger partial charge in [0.2, 0.25) is 0 Å². The van der Waals surface area contributed by atoms with Crippen LogP contribution >= 0.6 is 11.3 Å². The number of aromatic nitrogens is 1. The molecule has 7 heteroatoms. The van der Waals surface area contributed by atoms with E-state index < -0.39 is 0 Å². The van der Waals surface area contributed by atoms with E-state index >= 15 is 0 Å². The van der Waals surface area contributed by atoms with Crippen LogP contribution in [0.3, 0.4) is 0 Å². The lowest BCUT2D eigenvalue weighted by Crippen LogP contribution is -2.49. The van der Waals surface area contributed by atoms with E-state index in [1.54, 1.807) is 18.4 Å². The second kappa shape index (κ2) is 9.96. The number of hydrogen-bond acceptors (Lipinski definition) is 5. The van der Waals surface area contributed by atoms with Gasteiger partial charge in [0, 0.05) is 44.2 Å². The molecule has 136 valence electrons. The number of hydrogen-bond donors (Lipinski definition) is 2. The first-order valence-electron chi connectivity index (χ1n) is 8.81. The highest BCUT2D eigenvalue weighted by Crippen LogP contribution is 2.17. The molecule has 1 aromatic rings. The van der Waals surface area contributed by atoms with Crippen LogP contribution in [0.25, 0.3) is 0 Å². The number of methoxy groups -OCH3 is 1. The Balaban J connectivity index is 1.83. The zero-order chi connectivity index (χ0) is 17.4. The molecule has 1 aliphatic rings. The van der Waals surface area contributed by atoms with E-state index in [1.165, 1.54) is 4.88 Å². The third kappa shape index (κ3) is 6.03. The summed E-state index contributed by atoms with van der Waals surface area (Å²) in [4.78, 5) is 13.0. The minimum Gasteiger partial charge on any atom is -0.383 e. The van der Waals surface area contributed by atoms with Gasteiger partial charge in [0.25, 0.3) is 0 Å². The van der Waals surface area contributed by atoms with Crippen LogP contribution in [0.2, 0.25) is 0 Å². The molecular formula is C17H31N5OS. The van der Waals surface area contributed by atoms with Gasteiger partial charge >= 0.3 is 0 Å². The van der Waals surface area contributed by atoms with Crippen LogP contribution < -0.4 is 10.6 Å². The van der Waals surface area contributed by atoms with E-state index in [-0.39, 0.29) is 0 Å². The molecule has 0 bridgehead atoms. The number of thiazole rings is 1. The van der Waals surface area contributed by atoms with Gasteiger partial charge in [-0.3, -0.25) is 0 Å². The first kappa shape index (κ1) is 19.1. The smallest absolute Gasteiger partial charge is 0.191 e. The summed E-state index contributed by atoms with van der Waals surface area (Å²) >= 11 is 1.74. The van der Waals surface area contributed by atoms with Crippen molar-refractivity contribution in [3.63, 3.8) is 0 Å². The summed E-state index contributed by atoms with van der Waals surface area (Å²) in [6.45, 7) is 11.9. The minimum atomic E-state index is 0.487. The Morgan fingerprint density at radius 2 is 2.12 bits per heavy atom. The molecule has 0 spiro atoms. The molecule has 6 nitrogen and oxygen atoms in total. The van der Waals surface area contributed by atoms with E-state index in [0.29, 0.717) is 12.6 Å². The maximum Gasteiger partial charge on any atom is 0.191 e. The van der Waals surface area contributed by atoms with E-state index in [2.05, 4.69) is 41.3 Å². The number of nitrogens with zero attached hydrogens (tertiary/aromatic N) is 3. The number of rotatable bonds is 7. The summed E-state index contributed by atoms with van der Waals surface area (Å²) in [6.07, 6.45) is 2.28. The average molecular weight is 354 g/mol. The molecule has 0 aliphatic carbocycles. The molecule has 0 unspecified atom stereocenters. The Labute approximate surface area is 149 Å². The lowest BCUT2D eigenvalue weighted by atomic mass is 10.1. The van der Waals surface area contributed by atoms with E-state index in [0.717, 1.165) is 62.3 Å². The second-order valence-corrected chi connectivity index (χ2v) is 7.49. The Morgan fingerprint density at radius 3 is 2.71 bits per heavy atom. The number of guanidine groups is 1. The van der Waals surface area contributed by atoms with Gasteiger partial charge in [-0.2, -0.15) is 0 Å². The fourth-order valence-corrected chi connectivity index (χ4v) is 3.65. The van der Waals surface area contributed by atoms with Crippen molar-refractivity contribution in [1.29, 1.82) is 0 Å². The van der Waals surface area contributed by atoms with E-state index in [1.807, 2.05) is 0 Å². The van der Waals surface area contributed by atoms with Gasteiger partial charge in [-0.25, -0.2) is 9.98 Å². The fraction of sp³-hybridized carbons (Fsp3) is 0.765. The number of likely N-dealkylation sites (tertiary alicyclic amines) is 1. The van der Waals surface area contributed by atoms with Crippen molar-refractivity contribution in [1.82, 2.24) is 20.5 Å². The molecule has 0 radical (unpaired) electrons. The molecule has 0 aromatic carbocycles. The molecule has 1 aromatic heterocycles. The van der Waals surface area contributed by atoms with Crippen LogP contribution in [0.5, 0.6) is 0 Å². The summed E-state index contributed by atoms with van der Waals surface area (Å²) in [6, 6.07) is 0.487. The molecule has 0 amide bonds. The van der Waals surface area contributed by atoms with Crippen LogP contribution in [0.1, 0.15) is 35.3 Å². The number of piperidine rings is 1. The van der Waals surface area contributed by atoms with Gasteiger partial charge in [-0.15, -0.1) is 11.3 Å². The highest BCUT2D eigenvalue weighted by molar-refractivity contribution is 7.11. The molecular weight excluding hydrogens is 322 g/mol. The lowest BCUT2D eigenvalue weighted by molar-refractivity contribution is 0.128. The van der Waals surface area contributed by atoms with Crippen LogP contribution in [-0.4, -0.2) is 61.8 Å². The number of aliphatic imine (C=N–C) groups is 1. The lowest BCUT2D eigenvalue weighted by Gasteiger charge is -2.32. The first-order valence-corrected chi connectivity index (χ1v) is 9.63. The Morgan fingerprint density at radius 1 is 1.38 bits per heavy atom. The van der Waals surface area contributed by atoms with Gasteiger partial charge in [0.1, 0.15) is 5.01 Å². The van der Waals surface area contributed by atoms with Crippen molar-refractivity contribution in [2.45, 2.75) is 46.2 Å². The molecule has 24 heavy (non-hydrogen) atoms. The topological polar surface area (TPSA) is 61.8 Å². The van der Waals surface area contributed by atoms with E-state index in [9.17, 15) is 0 Å². The first-order chi connectivity index (χ1) is 11.6. The second-order valence-electron chi connectivity index (χ2n) is 6.20. The molecule has 1 saturated heterocycles. The Kier molecular flexibility index (Phi) is 7.94. The highest BCUT2D eigenvalue weighted by atomic mass is 32.1. The van der Waals surface area contributed by atoms with Crippen LogP contribution in [0.4, 0.5) is 0 Å². The van der Waals surface area contributed by atoms with Gasteiger partial charge in [0.05, 0.1) is 18.8 Å². The van der Waals surface area contributed by atoms with Crippen LogP contribution in [-0.2, 0) is 11.3 Å². The fourth-order valence-electron chi connectivity index (χ4n) is 2.79. The number of nitrogens with one attached hydrogen (secondary N) is 2. The molecule has 1 aliphatic heterocycles. The standard InChI is InChI=1S/C17H31N5OS/c1-5-18-17(19-12-16-20-13(2)14(3)24-16)21-15-6-8-22(9-7-15)10-11-23-4/h15H,5-12H2,1-4H3,(H2,18,19,21). The van der Waals surface area contributed by atoms with E-state index in [4.69, 9.17) is 9.73 Å². The van der Waals surface area contributed by atoms with Crippen LogP contribution in [0.15, 0.2) is 4.99 Å². The maximum absolute atomic E-state index is 5.16. The molecule has 2 heterocycles. The quantitative estimate of drug-likeness (QED) is 0.579. The van der Waals surface area contributed by atoms with Gasteiger partial charge in [-0.05, 0) is 33.6 Å². The predicted octanol–water partition coefficient (Wildman–Crippen LogP) is 1.93. The zero-order valence-electron chi connectivity index (χ0n) is 15.4. The van der Waals surface area contributed by atoms with Crippen LogP contribution in [0, 0.1) is 13.8 Å². The molecule has 1 fully saturated rings. The van der Waals surface area contributed by atoms with Crippen molar-refractivity contribution < 1.29 is 4.74 Å². The van der Waals surface area contributed by atoms with Gasteiger partial charge in [-0.1, -0.05) is 0 Å². The third-order valence-electron chi connectivity index (χ3n) is 4.33. The third-order valence-corrected chi connectivity index (χ3v) is 5.39. The van der Waals surface area contributed by atoms with Crippen molar-refractivity contribution in [2.24, 2.45) is 4.99 Å². The molecule has 0 atom stereocenters. The Bertz CT molecular complexity index is 504. The monoisotopic (exact) mass is 353 g/mol. The molecule has 2 N–H and O–H groups in total.